The van der Waals surface area contributed by atoms with Gasteiger partial charge in [-0.25, -0.2) is 0 Å². The second-order valence-corrected chi connectivity index (χ2v) is 9.25. The zero-order chi connectivity index (χ0) is 18.8. The van der Waals surface area contributed by atoms with Crippen molar-refractivity contribution in [3.8, 4) is 0 Å². The molecular formula is C21H23ClN2O3. The Morgan fingerprint density at radius 2 is 1.78 bits per heavy atom. The molecule has 1 aromatic rings. The minimum Gasteiger partial charge on any atom is -0.341 e. The maximum atomic E-state index is 13.7. The summed E-state index contributed by atoms with van der Waals surface area (Å²) >= 11 is 6.03. The Morgan fingerprint density at radius 1 is 1.11 bits per heavy atom. The highest BCUT2D eigenvalue weighted by Gasteiger charge is 2.58. The van der Waals surface area contributed by atoms with Gasteiger partial charge in [-0.3, -0.25) is 19.7 Å². The first-order valence-corrected chi connectivity index (χ1v) is 10.2. The van der Waals surface area contributed by atoms with Crippen molar-refractivity contribution in [2.45, 2.75) is 32.1 Å². The van der Waals surface area contributed by atoms with Crippen molar-refractivity contribution in [1.82, 2.24) is 10.2 Å². The first kappa shape index (κ1) is 17.2. The Labute approximate surface area is 163 Å². The molecule has 1 N–H and O–H groups in total. The van der Waals surface area contributed by atoms with Crippen molar-refractivity contribution >= 4 is 29.3 Å². The fraction of sp³-hybridized carbons (Fsp3) is 0.571. The molecule has 0 spiro atoms. The van der Waals surface area contributed by atoms with Gasteiger partial charge in [-0.05, 0) is 55.2 Å². The smallest absolute Gasteiger partial charge is 0.232 e. The summed E-state index contributed by atoms with van der Waals surface area (Å²) in [6, 6.07) is 7.79. The number of carbonyl (C=O) groups is 3. The molecule has 4 fully saturated rings. The Balaban J connectivity index is 1.43. The molecule has 5 nitrogen and oxygen atoms in total. The van der Waals surface area contributed by atoms with Gasteiger partial charge in [-0.2, -0.15) is 0 Å². The van der Waals surface area contributed by atoms with E-state index in [1.807, 2.05) is 29.2 Å². The molecule has 2 heterocycles. The molecule has 2 aliphatic carbocycles. The summed E-state index contributed by atoms with van der Waals surface area (Å²) in [6.07, 6.45) is 5.08. The van der Waals surface area contributed by atoms with Crippen molar-refractivity contribution in [2.75, 3.05) is 13.1 Å². The van der Waals surface area contributed by atoms with Crippen LogP contribution < -0.4 is 5.32 Å². The van der Waals surface area contributed by atoms with Crippen molar-refractivity contribution in [2.24, 2.45) is 29.1 Å². The first-order chi connectivity index (χ1) is 13.0. The number of hydrogen-bond acceptors (Lipinski definition) is 3. The minimum atomic E-state index is -0.394. The van der Waals surface area contributed by atoms with Gasteiger partial charge in [0.2, 0.25) is 17.7 Å². The van der Waals surface area contributed by atoms with Crippen LogP contribution in [0.5, 0.6) is 0 Å². The van der Waals surface area contributed by atoms with E-state index in [0.29, 0.717) is 29.9 Å². The molecule has 142 valence electrons. The molecule has 2 saturated carbocycles. The summed E-state index contributed by atoms with van der Waals surface area (Å²) in [7, 11) is 0. The lowest BCUT2D eigenvalue weighted by Gasteiger charge is -2.39. The zero-order valence-corrected chi connectivity index (χ0v) is 15.9. The van der Waals surface area contributed by atoms with Crippen LogP contribution in [0.25, 0.3) is 0 Å². The molecule has 2 saturated heterocycles. The number of nitrogens with zero attached hydrogens (tertiary/aromatic N) is 1. The second-order valence-electron chi connectivity index (χ2n) is 8.82. The molecule has 2 aliphatic heterocycles. The number of hydrogen-bond donors (Lipinski definition) is 1. The number of rotatable bonds is 3. The van der Waals surface area contributed by atoms with E-state index < -0.39 is 5.41 Å². The molecule has 3 amide bonds. The SMILES string of the molecule is O=C1NC(=O)[C@@H]2CN(C(=O)C3(Cc4ccc(Cl)cc4)CC4CCC3C4)C[C@H]12. The van der Waals surface area contributed by atoms with Crippen molar-refractivity contribution in [3.63, 3.8) is 0 Å². The Hall–Kier alpha value is -1.88. The maximum Gasteiger partial charge on any atom is 0.232 e. The molecular weight excluding hydrogens is 364 g/mol. The van der Waals surface area contributed by atoms with E-state index in [0.717, 1.165) is 31.2 Å². The third-order valence-corrected chi connectivity index (χ3v) is 7.61. The highest BCUT2D eigenvalue weighted by Crippen LogP contribution is 2.58. The quantitative estimate of drug-likeness (QED) is 0.811. The molecule has 3 unspecified atom stereocenters. The van der Waals surface area contributed by atoms with Gasteiger partial charge in [0, 0.05) is 18.1 Å². The maximum absolute atomic E-state index is 13.7. The van der Waals surface area contributed by atoms with E-state index in [1.165, 1.54) is 6.42 Å². The predicted octanol–water partition coefficient (Wildman–Crippen LogP) is 2.42. The summed E-state index contributed by atoms with van der Waals surface area (Å²) in [5.41, 5.74) is 0.739. The van der Waals surface area contributed by atoms with E-state index in [2.05, 4.69) is 5.32 Å². The topological polar surface area (TPSA) is 66.5 Å². The molecule has 5 atom stereocenters. The zero-order valence-electron chi connectivity index (χ0n) is 15.1. The summed E-state index contributed by atoms with van der Waals surface area (Å²) in [5, 5.41) is 3.10. The third kappa shape index (κ3) is 2.62. The fourth-order valence-electron chi connectivity index (χ4n) is 6.09. The molecule has 27 heavy (non-hydrogen) atoms. The number of imide groups is 1. The molecule has 1 aromatic carbocycles. The van der Waals surface area contributed by atoms with Crippen LogP contribution in [0.4, 0.5) is 0 Å². The van der Waals surface area contributed by atoms with E-state index in [4.69, 9.17) is 11.6 Å². The largest absolute Gasteiger partial charge is 0.341 e. The Kier molecular flexibility index (Phi) is 3.87. The molecule has 5 rings (SSSR count). The molecule has 6 heteroatoms. The monoisotopic (exact) mass is 386 g/mol. The molecule has 0 radical (unpaired) electrons. The molecule has 2 bridgehead atoms. The van der Waals surface area contributed by atoms with Crippen molar-refractivity contribution < 1.29 is 14.4 Å². The van der Waals surface area contributed by atoms with Gasteiger partial charge in [-0.1, -0.05) is 30.2 Å². The summed E-state index contributed by atoms with van der Waals surface area (Å²) in [6.45, 7) is 0.752. The van der Waals surface area contributed by atoms with E-state index in [9.17, 15) is 14.4 Å². The normalized spacial score (nSPS) is 37.0. The van der Waals surface area contributed by atoms with Gasteiger partial charge in [0.25, 0.3) is 0 Å². The van der Waals surface area contributed by atoms with Crippen LogP contribution in [0.1, 0.15) is 31.2 Å². The third-order valence-electron chi connectivity index (χ3n) is 7.36. The summed E-state index contributed by atoms with van der Waals surface area (Å²) < 4.78 is 0. The predicted molar refractivity (Wildman–Crippen MR) is 99.7 cm³/mol. The van der Waals surface area contributed by atoms with Crippen LogP contribution in [0, 0.1) is 29.1 Å². The Morgan fingerprint density at radius 3 is 2.33 bits per heavy atom. The van der Waals surface area contributed by atoms with Crippen LogP contribution in [0.2, 0.25) is 5.02 Å². The standard InChI is InChI=1S/C21H23ClN2O3/c22-15-5-2-12(3-6-15)8-21(9-13-1-4-14(21)7-13)20(27)24-10-16-17(11-24)19(26)23-18(16)25/h2-3,5-6,13-14,16-17H,1,4,7-11H2,(H,23,25,26)/t13?,14?,16-,17+,21?. The lowest BCUT2D eigenvalue weighted by molar-refractivity contribution is -0.145. The number of fused-ring (bicyclic) bond motifs is 3. The second kappa shape index (κ2) is 6.06. The van der Waals surface area contributed by atoms with Crippen LogP contribution in [-0.2, 0) is 20.8 Å². The van der Waals surface area contributed by atoms with Crippen LogP contribution in [0.3, 0.4) is 0 Å². The van der Waals surface area contributed by atoms with Crippen LogP contribution in [-0.4, -0.2) is 35.7 Å². The highest BCUT2D eigenvalue weighted by atomic mass is 35.5. The van der Waals surface area contributed by atoms with Gasteiger partial charge >= 0.3 is 0 Å². The van der Waals surface area contributed by atoms with Crippen molar-refractivity contribution in [1.29, 1.82) is 0 Å². The number of benzene rings is 1. The molecule has 4 aliphatic rings. The van der Waals surface area contributed by atoms with Crippen LogP contribution >= 0.6 is 11.6 Å². The summed E-state index contributed by atoms with van der Waals surface area (Å²) in [4.78, 5) is 39.5. The van der Waals surface area contributed by atoms with Gasteiger partial charge < -0.3 is 4.90 Å². The van der Waals surface area contributed by atoms with Gasteiger partial charge in [0.1, 0.15) is 0 Å². The average molecular weight is 387 g/mol. The lowest BCUT2D eigenvalue weighted by atomic mass is 9.68. The number of amides is 3. The number of likely N-dealkylation sites (tertiary alicyclic amines) is 1. The number of carbonyl (C=O) groups excluding carboxylic acids is 3. The minimum absolute atomic E-state index is 0.152. The fourth-order valence-corrected chi connectivity index (χ4v) is 6.21. The van der Waals surface area contributed by atoms with Gasteiger partial charge in [-0.15, -0.1) is 0 Å². The van der Waals surface area contributed by atoms with Crippen molar-refractivity contribution in [3.05, 3.63) is 34.9 Å². The lowest BCUT2D eigenvalue weighted by Crippen LogP contribution is -2.48. The van der Waals surface area contributed by atoms with E-state index in [1.54, 1.807) is 0 Å². The Bertz CT molecular complexity index is 801. The molecule has 0 aromatic heterocycles. The summed E-state index contributed by atoms with van der Waals surface area (Å²) in [5.74, 6) is -0.00573. The van der Waals surface area contributed by atoms with Crippen LogP contribution in [0.15, 0.2) is 24.3 Å². The number of nitrogens with one attached hydrogen (secondary N) is 1. The first-order valence-electron chi connectivity index (χ1n) is 9.85. The van der Waals surface area contributed by atoms with Gasteiger partial charge in [0.15, 0.2) is 0 Å². The van der Waals surface area contributed by atoms with Gasteiger partial charge in [0.05, 0.1) is 17.3 Å². The van der Waals surface area contributed by atoms with E-state index >= 15 is 0 Å². The number of halogens is 1. The van der Waals surface area contributed by atoms with E-state index in [-0.39, 0.29) is 29.6 Å². The average Bonchev–Trinajstić information content (AvgIpc) is 3.40. The highest BCUT2D eigenvalue weighted by molar-refractivity contribution is 6.30.